The summed E-state index contributed by atoms with van der Waals surface area (Å²) in [6.45, 7) is 1.26. The van der Waals surface area contributed by atoms with Crippen molar-refractivity contribution in [3.05, 3.63) is 30.3 Å². The normalized spacial score (nSPS) is 23.4. The highest BCUT2D eigenvalue weighted by molar-refractivity contribution is 8.00. The standard InChI is InChI=1S/C42H59N7O9S2/c50-34(44-26-27-14-16-28(17-15-27)38(54)43-20-22-49-36(52)24-32(59)41(49)57)13-7-2-8-21-48-37(53)25-33(42(48)58)60-23-9-3-6-12-30(39(55)45-29-10-4-1-5-11-29)47-40(56)31-18-19-35(51)46-31/h1,4-5,10-11,27-28,30-33,59H,2-3,6-9,12-26H2,(H,43,54)(H,44,50)(H,45,55)(H,46,51)(H,47,56)/t27?,28?,30?,31-,32?,33?/m1/s1. The number of hydrogen-bond acceptors (Lipinski definition) is 11. The van der Waals surface area contributed by atoms with Gasteiger partial charge in [-0.25, -0.2) is 0 Å². The van der Waals surface area contributed by atoms with E-state index < -0.39 is 22.6 Å². The van der Waals surface area contributed by atoms with Gasteiger partial charge in [0.25, 0.3) is 0 Å². The maximum atomic E-state index is 13.1. The molecule has 16 nitrogen and oxygen atoms in total. The minimum Gasteiger partial charge on any atom is -0.356 e. The smallest absolute Gasteiger partial charge is 0.246 e. The molecule has 1 aromatic carbocycles. The van der Waals surface area contributed by atoms with Gasteiger partial charge in [0.1, 0.15) is 12.1 Å². The van der Waals surface area contributed by atoms with E-state index >= 15 is 0 Å². The van der Waals surface area contributed by atoms with Crippen molar-refractivity contribution in [3.8, 4) is 0 Å². The fraction of sp³-hybridized carbons (Fsp3) is 0.643. The average Bonchev–Trinajstić information content (AvgIpc) is 3.87. The minimum absolute atomic E-state index is 0.0381. The Labute approximate surface area is 361 Å². The van der Waals surface area contributed by atoms with Gasteiger partial charge in [-0.15, -0.1) is 11.8 Å². The Hall–Kier alpha value is -4.45. The lowest BCUT2D eigenvalue weighted by atomic mass is 9.81. The monoisotopic (exact) mass is 869 g/mol. The number of anilines is 1. The fourth-order valence-electron chi connectivity index (χ4n) is 8.02. The third kappa shape index (κ3) is 14.1. The van der Waals surface area contributed by atoms with Gasteiger partial charge in [0.2, 0.25) is 53.2 Å². The number of benzene rings is 1. The molecular weight excluding hydrogens is 811 g/mol. The lowest BCUT2D eigenvalue weighted by Crippen LogP contribution is -2.50. The Morgan fingerprint density at radius 1 is 0.783 bits per heavy atom. The molecule has 3 aliphatic heterocycles. The van der Waals surface area contributed by atoms with Gasteiger partial charge in [0, 0.05) is 63.5 Å². The maximum absolute atomic E-state index is 13.1. The molecule has 1 aromatic rings. The average molecular weight is 870 g/mol. The van der Waals surface area contributed by atoms with Gasteiger partial charge < -0.3 is 26.6 Å². The number of nitrogens with one attached hydrogen (secondary N) is 5. The summed E-state index contributed by atoms with van der Waals surface area (Å²) in [5, 5.41) is 13.1. The first-order valence-electron chi connectivity index (χ1n) is 21.4. The zero-order chi connectivity index (χ0) is 43.0. The summed E-state index contributed by atoms with van der Waals surface area (Å²) in [7, 11) is 0. The Balaban J connectivity index is 0.888. The highest BCUT2D eigenvalue weighted by atomic mass is 32.2. The molecule has 4 fully saturated rings. The lowest BCUT2D eigenvalue weighted by molar-refractivity contribution is -0.140. The molecule has 60 heavy (non-hydrogen) atoms. The van der Waals surface area contributed by atoms with Crippen LogP contribution < -0.4 is 26.6 Å². The number of amides is 9. The summed E-state index contributed by atoms with van der Waals surface area (Å²) >= 11 is 5.58. The zero-order valence-corrected chi connectivity index (χ0v) is 35.8. The van der Waals surface area contributed by atoms with Gasteiger partial charge in [0.05, 0.1) is 10.5 Å². The highest BCUT2D eigenvalue weighted by Crippen LogP contribution is 2.29. The van der Waals surface area contributed by atoms with Crippen molar-refractivity contribution >= 4 is 83.2 Å². The van der Waals surface area contributed by atoms with E-state index in [-0.39, 0.29) is 91.4 Å². The molecule has 4 atom stereocenters. The fourth-order valence-corrected chi connectivity index (χ4v) is 9.50. The Morgan fingerprint density at radius 3 is 2.20 bits per heavy atom. The number of para-hydroxylation sites is 1. The Kier molecular flexibility index (Phi) is 18.3. The van der Waals surface area contributed by atoms with Crippen molar-refractivity contribution in [2.45, 2.75) is 125 Å². The summed E-state index contributed by atoms with van der Waals surface area (Å²) in [6.07, 6.45) is 8.92. The van der Waals surface area contributed by atoms with Crippen LogP contribution in [0.5, 0.6) is 0 Å². The van der Waals surface area contributed by atoms with E-state index in [1.165, 1.54) is 16.7 Å². The molecule has 9 amide bonds. The van der Waals surface area contributed by atoms with E-state index in [0.717, 1.165) is 30.6 Å². The molecule has 1 saturated carbocycles. The van der Waals surface area contributed by atoms with Gasteiger partial charge >= 0.3 is 0 Å². The van der Waals surface area contributed by atoms with Crippen LogP contribution in [0.3, 0.4) is 0 Å². The van der Waals surface area contributed by atoms with Gasteiger partial charge in [-0.3, -0.25) is 53.0 Å². The molecule has 18 heteroatoms. The van der Waals surface area contributed by atoms with Crippen LogP contribution in [-0.2, 0) is 43.2 Å². The SMILES string of the molecule is O=C(CCCCCN1C(=O)CC(SCCCCCC(NC(=O)[C@H]2CCC(=O)N2)C(=O)Nc2ccccc2)C1=O)NCC1CCC(C(=O)NCCN2C(=O)CC(S)C2=O)CC1. The summed E-state index contributed by atoms with van der Waals surface area (Å²) in [5.41, 5.74) is 0.619. The third-order valence-corrected chi connectivity index (χ3v) is 13.3. The largest absolute Gasteiger partial charge is 0.356 e. The van der Waals surface area contributed by atoms with Crippen molar-refractivity contribution < 1.29 is 43.2 Å². The van der Waals surface area contributed by atoms with Crippen LogP contribution in [0.4, 0.5) is 5.69 Å². The molecule has 5 N–H and O–H groups in total. The van der Waals surface area contributed by atoms with E-state index in [0.29, 0.717) is 88.2 Å². The minimum atomic E-state index is -0.774. The molecule has 5 rings (SSSR count). The van der Waals surface area contributed by atoms with E-state index in [1.807, 2.05) is 6.07 Å². The predicted molar refractivity (Wildman–Crippen MR) is 228 cm³/mol. The molecule has 3 unspecified atom stereocenters. The second kappa shape index (κ2) is 23.5. The second-order valence-electron chi connectivity index (χ2n) is 16.1. The molecule has 0 aromatic heterocycles. The number of imide groups is 2. The van der Waals surface area contributed by atoms with Crippen molar-refractivity contribution in [1.82, 2.24) is 31.1 Å². The van der Waals surface area contributed by atoms with Crippen LogP contribution in [0.2, 0.25) is 0 Å². The third-order valence-electron chi connectivity index (χ3n) is 11.6. The summed E-state index contributed by atoms with van der Waals surface area (Å²) in [6, 6.07) is 7.56. The van der Waals surface area contributed by atoms with Crippen molar-refractivity contribution in [1.29, 1.82) is 0 Å². The van der Waals surface area contributed by atoms with Crippen LogP contribution >= 0.6 is 24.4 Å². The molecule has 0 radical (unpaired) electrons. The summed E-state index contributed by atoms with van der Waals surface area (Å²) in [4.78, 5) is 115. The molecular formula is C42H59N7O9S2. The first-order valence-corrected chi connectivity index (χ1v) is 22.9. The lowest BCUT2D eigenvalue weighted by Gasteiger charge is -2.28. The van der Waals surface area contributed by atoms with Crippen LogP contribution in [0.1, 0.15) is 103 Å². The van der Waals surface area contributed by atoms with Crippen LogP contribution in [0.25, 0.3) is 0 Å². The molecule has 4 aliphatic rings. The van der Waals surface area contributed by atoms with E-state index in [9.17, 15) is 43.2 Å². The molecule has 328 valence electrons. The zero-order valence-electron chi connectivity index (χ0n) is 34.1. The number of rotatable bonds is 23. The van der Waals surface area contributed by atoms with Gasteiger partial charge in [-0.1, -0.05) is 37.5 Å². The first-order chi connectivity index (χ1) is 28.9. The van der Waals surface area contributed by atoms with Gasteiger partial charge in [0.15, 0.2) is 0 Å². The number of carbonyl (C=O) groups is 9. The number of unbranched alkanes of at least 4 members (excludes halogenated alkanes) is 4. The van der Waals surface area contributed by atoms with E-state index in [4.69, 9.17) is 0 Å². The van der Waals surface area contributed by atoms with Crippen LogP contribution in [-0.4, -0.2) is 117 Å². The van der Waals surface area contributed by atoms with E-state index in [1.54, 1.807) is 24.3 Å². The summed E-state index contributed by atoms with van der Waals surface area (Å²) in [5.74, 6) is -1.09. The number of likely N-dealkylation sites (tertiary alicyclic amines) is 2. The number of carbonyl (C=O) groups excluding carboxylic acids is 9. The van der Waals surface area contributed by atoms with Crippen LogP contribution in [0.15, 0.2) is 30.3 Å². The van der Waals surface area contributed by atoms with Crippen LogP contribution in [0, 0.1) is 11.8 Å². The number of thioether (sulfide) groups is 1. The quantitative estimate of drug-likeness (QED) is 0.0536. The Morgan fingerprint density at radius 2 is 1.50 bits per heavy atom. The van der Waals surface area contributed by atoms with Gasteiger partial charge in [-0.2, -0.15) is 12.6 Å². The Bertz CT molecular complexity index is 1730. The number of thiol groups is 1. The van der Waals surface area contributed by atoms with Gasteiger partial charge in [-0.05, 0) is 81.6 Å². The topological polar surface area (TPSA) is 220 Å². The van der Waals surface area contributed by atoms with Crippen molar-refractivity contribution in [2.75, 3.05) is 37.2 Å². The number of nitrogens with zero attached hydrogens (tertiary/aromatic N) is 2. The highest BCUT2D eigenvalue weighted by Gasteiger charge is 2.39. The van der Waals surface area contributed by atoms with Crippen molar-refractivity contribution in [2.24, 2.45) is 11.8 Å². The maximum Gasteiger partial charge on any atom is 0.246 e. The number of hydrogen-bond donors (Lipinski definition) is 6. The molecule has 1 aliphatic carbocycles. The molecule has 3 heterocycles. The molecule has 3 saturated heterocycles. The molecule has 0 spiro atoms. The second-order valence-corrected chi connectivity index (χ2v) is 18.0. The summed E-state index contributed by atoms with van der Waals surface area (Å²) < 4.78 is 0. The molecule has 0 bridgehead atoms. The first kappa shape index (κ1) is 46.6. The van der Waals surface area contributed by atoms with Crippen molar-refractivity contribution in [3.63, 3.8) is 0 Å². The predicted octanol–water partition coefficient (Wildman–Crippen LogP) is 2.47. The van der Waals surface area contributed by atoms with E-state index in [2.05, 4.69) is 39.2 Å².